The third-order valence-corrected chi connectivity index (χ3v) is 3.08. The van der Waals surface area contributed by atoms with Crippen LogP contribution in [0, 0.1) is 6.92 Å². The zero-order valence-electron chi connectivity index (χ0n) is 10.9. The molecule has 1 aliphatic heterocycles. The number of aromatic nitrogens is 2. The normalized spacial score (nSPS) is 15.3. The summed E-state index contributed by atoms with van der Waals surface area (Å²) in [5, 5.41) is 3.30. The van der Waals surface area contributed by atoms with Gasteiger partial charge in [0.15, 0.2) is 0 Å². The van der Waals surface area contributed by atoms with Crippen LogP contribution in [0.1, 0.15) is 38.3 Å². The van der Waals surface area contributed by atoms with Gasteiger partial charge in [0.2, 0.25) is 5.95 Å². The predicted octanol–water partition coefficient (Wildman–Crippen LogP) is 2.60. The Hall–Kier alpha value is -1.32. The smallest absolute Gasteiger partial charge is 0.224 e. The van der Waals surface area contributed by atoms with E-state index < -0.39 is 0 Å². The maximum atomic E-state index is 4.59. The molecule has 0 aliphatic carbocycles. The average Bonchev–Trinajstić information content (AvgIpc) is 2.82. The van der Waals surface area contributed by atoms with E-state index in [9.17, 15) is 0 Å². The third kappa shape index (κ3) is 3.32. The number of nitrogens with zero attached hydrogens (tertiary/aromatic N) is 3. The molecule has 0 spiro atoms. The zero-order chi connectivity index (χ0) is 12.1. The van der Waals surface area contributed by atoms with Gasteiger partial charge in [-0.15, -0.1) is 0 Å². The third-order valence-electron chi connectivity index (χ3n) is 3.08. The lowest BCUT2D eigenvalue weighted by Crippen LogP contribution is -2.20. The Balaban J connectivity index is 2.05. The molecule has 0 atom stereocenters. The summed E-state index contributed by atoms with van der Waals surface area (Å²) < 4.78 is 0. The van der Waals surface area contributed by atoms with Crippen molar-refractivity contribution in [3.63, 3.8) is 0 Å². The van der Waals surface area contributed by atoms with Gasteiger partial charge in [-0.2, -0.15) is 4.98 Å². The number of hydrogen-bond acceptors (Lipinski definition) is 4. The summed E-state index contributed by atoms with van der Waals surface area (Å²) in [6.45, 7) is 7.44. The highest BCUT2D eigenvalue weighted by molar-refractivity contribution is 5.45. The van der Waals surface area contributed by atoms with Crippen LogP contribution in [-0.4, -0.2) is 29.6 Å². The summed E-state index contributed by atoms with van der Waals surface area (Å²) in [4.78, 5) is 11.4. The van der Waals surface area contributed by atoms with E-state index >= 15 is 0 Å². The van der Waals surface area contributed by atoms with E-state index in [0.717, 1.165) is 43.5 Å². The Morgan fingerprint density at radius 3 is 2.76 bits per heavy atom. The second kappa shape index (κ2) is 5.84. The van der Waals surface area contributed by atoms with E-state index in [-0.39, 0.29) is 0 Å². The molecule has 94 valence electrons. The van der Waals surface area contributed by atoms with Crippen molar-refractivity contribution in [2.45, 2.75) is 39.5 Å². The van der Waals surface area contributed by atoms with Crippen LogP contribution >= 0.6 is 0 Å². The Labute approximate surface area is 103 Å². The minimum absolute atomic E-state index is 0.778. The zero-order valence-corrected chi connectivity index (χ0v) is 10.9. The lowest BCUT2D eigenvalue weighted by Gasteiger charge is -2.17. The van der Waals surface area contributed by atoms with Gasteiger partial charge >= 0.3 is 0 Å². The van der Waals surface area contributed by atoms with Crippen molar-refractivity contribution in [1.29, 1.82) is 0 Å². The molecule has 0 aromatic carbocycles. The minimum atomic E-state index is 0.778. The predicted molar refractivity (Wildman–Crippen MR) is 71.6 cm³/mol. The number of rotatable bonds is 5. The SMILES string of the molecule is CCCCNc1nc(C)cc(N2CCCC2)n1. The van der Waals surface area contributed by atoms with Gasteiger partial charge in [-0.25, -0.2) is 4.98 Å². The summed E-state index contributed by atoms with van der Waals surface area (Å²) in [6.07, 6.45) is 4.91. The Kier molecular flexibility index (Phi) is 4.18. The first-order chi connectivity index (χ1) is 8.29. The molecule has 1 aromatic rings. The van der Waals surface area contributed by atoms with E-state index in [2.05, 4.69) is 33.2 Å². The average molecular weight is 234 g/mol. The molecule has 4 heteroatoms. The van der Waals surface area contributed by atoms with Gasteiger partial charge < -0.3 is 10.2 Å². The van der Waals surface area contributed by atoms with Crippen LogP contribution in [0.25, 0.3) is 0 Å². The number of anilines is 2. The molecule has 0 amide bonds. The van der Waals surface area contributed by atoms with Gasteiger partial charge in [0.25, 0.3) is 0 Å². The quantitative estimate of drug-likeness (QED) is 0.795. The molecule has 2 heterocycles. The maximum Gasteiger partial charge on any atom is 0.224 e. The van der Waals surface area contributed by atoms with Gasteiger partial charge in [0, 0.05) is 31.4 Å². The van der Waals surface area contributed by atoms with Gasteiger partial charge in [-0.05, 0) is 26.2 Å². The molecule has 4 nitrogen and oxygen atoms in total. The highest BCUT2D eigenvalue weighted by Gasteiger charge is 2.14. The molecule has 17 heavy (non-hydrogen) atoms. The van der Waals surface area contributed by atoms with Crippen LogP contribution in [0.15, 0.2) is 6.07 Å². The molecule has 1 N–H and O–H groups in total. The van der Waals surface area contributed by atoms with Gasteiger partial charge in [-0.3, -0.25) is 0 Å². The summed E-state index contributed by atoms with van der Waals surface area (Å²) in [5.41, 5.74) is 1.04. The largest absolute Gasteiger partial charge is 0.356 e. The van der Waals surface area contributed by atoms with Crippen LogP contribution in [0.3, 0.4) is 0 Å². The van der Waals surface area contributed by atoms with Crippen LogP contribution in [0.4, 0.5) is 11.8 Å². The Bertz CT molecular complexity index is 358. The van der Waals surface area contributed by atoms with Crippen molar-refractivity contribution in [3.05, 3.63) is 11.8 Å². The molecule has 0 bridgehead atoms. The maximum absolute atomic E-state index is 4.59. The summed E-state index contributed by atoms with van der Waals surface area (Å²) >= 11 is 0. The lowest BCUT2D eigenvalue weighted by molar-refractivity contribution is 0.822. The van der Waals surface area contributed by atoms with Crippen LogP contribution in [-0.2, 0) is 0 Å². The Morgan fingerprint density at radius 2 is 2.06 bits per heavy atom. The number of unbranched alkanes of at least 4 members (excludes halogenated alkanes) is 1. The van der Waals surface area contributed by atoms with Crippen molar-refractivity contribution < 1.29 is 0 Å². The molecule has 1 fully saturated rings. The van der Waals surface area contributed by atoms with Crippen LogP contribution in [0.2, 0.25) is 0 Å². The fourth-order valence-electron chi connectivity index (χ4n) is 2.12. The standard InChI is InChI=1S/C13H22N4/c1-3-4-7-14-13-15-11(2)10-12(16-13)17-8-5-6-9-17/h10H,3-9H2,1-2H3,(H,14,15,16). The van der Waals surface area contributed by atoms with Gasteiger partial charge in [0.1, 0.15) is 5.82 Å². The van der Waals surface area contributed by atoms with Gasteiger partial charge in [0.05, 0.1) is 0 Å². The minimum Gasteiger partial charge on any atom is -0.356 e. The van der Waals surface area contributed by atoms with Crippen molar-refractivity contribution >= 4 is 11.8 Å². The number of hydrogen-bond donors (Lipinski definition) is 1. The monoisotopic (exact) mass is 234 g/mol. The molecule has 1 aromatic heterocycles. The van der Waals surface area contributed by atoms with E-state index in [1.807, 2.05) is 6.92 Å². The highest BCUT2D eigenvalue weighted by Crippen LogP contribution is 2.19. The Morgan fingerprint density at radius 1 is 1.29 bits per heavy atom. The lowest BCUT2D eigenvalue weighted by atomic mass is 10.3. The fourth-order valence-corrected chi connectivity index (χ4v) is 2.12. The molecule has 1 aliphatic rings. The van der Waals surface area contributed by atoms with Crippen LogP contribution < -0.4 is 10.2 Å². The fraction of sp³-hybridized carbons (Fsp3) is 0.692. The summed E-state index contributed by atoms with van der Waals surface area (Å²) in [6, 6.07) is 2.08. The molecule has 2 rings (SSSR count). The molecule has 0 saturated carbocycles. The summed E-state index contributed by atoms with van der Waals surface area (Å²) in [7, 11) is 0. The van der Waals surface area contributed by atoms with Crippen molar-refractivity contribution in [2.24, 2.45) is 0 Å². The van der Waals surface area contributed by atoms with Crippen molar-refractivity contribution in [3.8, 4) is 0 Å². The number of nitrogens with one attached hydrogen (secondary N) is 1. The van der Waals surface area contributed by atoms with E-state index in [1.54, 1.807) is 0 Å². The topological polar surface area (TPSA) is 41.1 Å². The van der Waals surface area contributed by atoms with Crippen molar-refractivity contribution in [2.75, 3.05) is 29.9 Å². The molecular weight excluding hydrogens is 212 g/mol. The van der Waals surface area contributed by atoms with E-state index in [4.69, 9.17) is 0 Å². The van der Waals surface area contributed by atoms with Gasteiger partial charge in [-0.1, -0.05) is 13.3 Å². The van der Waals surface area contributed by atoms with E-state index in [0.29, 0.717) is 0 Å². The first kappa shape index (κ1) is 12.1. The first-order valence-electron chi connectivity index (χ1n) is 6.64. The second-order valence-corrected chi connectivity index (χ2v) is 4.67. The summed E-state index contributed by atoms with van der Waals surface area (Å²) in [5.74, 6) is 1.86. The molecular formula is C13H22N4. The molecule has 1 saturated heterocycles. The number of aryl methyl sites for hydroxylation is 1. The second-order valence-electron chi connectivity index (χ2n) is 4.67. The molecule has 0 unspecified atom stereocenters. The highest BCUT2D eigenvalue weighted by atomic mass is 15.2. The van der Waals surface area contributed by atoms with Crippen LogP contribution in [0.5, 0.6) is 0 Å². The molecule has 0 radical (unpaired) electrons. The first-order valence-corrected chi connectivity index (χ1v) is 6.64. The van der Waals surface area contributed by atoms with Crippen molar-refractivity contribution in [1.82, 2.24) is 9.97 Å². The van der Waals surface area contributed by atoms with E-state index in [1.165, 1.54) is 19.3 Å².